The standard InChI is InChI=1S/C21H25BO4/c1-15-18(24-14-16-9-7-6-8-10-16)12-11-17(13-23)19(15)22-25-20(2,3)21(4,5)26-22/h6-13H,14H2,1-5H3. The molecule has 0 radical (unpaired) electrons. The molecule has 1 fully saturated rings. The van der Waals surface area contributed by atoms with Crippen molar-refractivity contribution in [2.75, 3.05) is 0 Å². The Balaban J connectivity index is 1.91. The lowest BCUT2D eigenvalue weighted by atomic mass is 9.73. The second-order valence-electron chi connectivity index (χ2n) is 7.67. The maximum absolute atomic E-state index is 11.6. The maximum atomic E-state index is 11.6. The molecule has 0 unspecified atom stereocenters. The first kappa shape index (κ1) is 18.7. The Kier molecular flexibility index (Phi) is 4.95. The molecule has 0 amide bonds. The molecular weight excluding hydrogens is 327 g/mol. The molecule has 26 heavy (non-hydrogen) atoms. The minimum atomic E-state index is -0.597. The largest absolute Gasteiger partial charge is 0.495 e. The van der Waals surface area contributed by atoms with Crippen LogP contribution in [0.15, 0.2) is 42.5 Å². The van der Waals surface area contributed by atoms with Crippen molar-refractivity contribution in [2.24, 2.45) is 0 Å². The molecule has 0 aliphatic carbocycles. The zero-order chi connectivity index (χ0) is 18.9. The highest BCUT2D eigenvalue weighted by Gasteiger charge is 2.52. The van der Waals surface area contributed by atoms with Crippen molar-refractivity contribution in [3.63, 3.8) is 0 Å². The van der Waals surface area contributed by atoms with Crippen LogP contribution in [0.5, 0.6) is 5.75 Å². The number of carbonyl (C=O) groups is 1. The van der Waals surface area contributed by atoms with E-state index in [-0.39, 0.29) is 0 Å². The fraction of sp³-hybridized carbons (Fsp3) is 0.381. The third-order valence-corrected chi connectivity index (χ3v) is 5.35. The van der Waals surface area contributed by atoms with Gasteiger partial charge in [0.1, 0.15) is 18.6 Å². The highest BCUT2D eigenvalue weighted by Crippen LogP contribution is 2.37. The number of hydrogen-bond donors (Lipinski definition) is 0. The summed E-state index contributed by atoms with van der Waals surface area (Å²) in [5.41, 5.74) is 2.32. The van der Waals surface area contributed by atoms with Gasteiger partial charge in [-0.2, -0.15) is 0 Å². The van der Waals surface area contributed by atoms with Gasteiger partial charge in [-0.25, -0.2) is 0 Å². The summed E-state index contributed by atoms with van der Waals surface area (Å²) in [5, 5.41) is 0. The molecule has 1 aliphatic rings. The van der Waals surface area contributed by atoms with E-state index in [4.69, 9.17) is 14.0 Å². The first-order valence-electron chi connectivity index (χ1n) is 8.86. The number of benzene rings is 2. The van der Waals surface area contributed by atoms with Crippen molar-refractivity contribution in [1.82, 2.24) is 0 Å². The molecule has 5 heteroatoms. The highest BCUT2D eigenvalue weighted by molar-refractivity contribution is 6.64. The summed E-state index contributed by atoms with van der Waals surface area (Å²) >= 11 is 0. The van der Waals surface area contributed by atoms with Crippen LogP contribution in [0.4, 0.5) is 0 Å². The van der Waals surface area contributed by atoms with Gasteiger partial charge in [0, 0.05) is 5.56 Å². The normalized spacial score (nSPS) is 18.0. The van der Waals surface area contributed by atoms with E-state index in [0.29, 0.717) is 12.2 Å². The van der Waals surface area contributed by atoms with E-state index in [2.05, 4.69) is 0 Å². The van der Waals surface area contributed by atoms with E-state index in [0.717, 1.165) is 28.6 Å². The van der Waals surface area contributed by atoms with Gasteiger partial charge in [0.05, 0.1) is 11.2 Å². The van der Waals surface area contributed by atoms with Crippen molar-refractivity contribution >= 4 is 18.9 Å². The summed E-state index contributed by atoms with van der Waals surface area (Å²) in [5.74, 6) is 0.726. The molecule has 0 N–H and O–H groups in total. The van der Waals surface area contributed by atoms with E-state index < -0.39 is 18.3 Å². The molecule has 0 saturated carbocycles. The van der Waals surface area contributed by atoms with Gasteiger partial charge >= 0.3 is 7.12 Å². The summed E-state index contributed by atoms with van der Waals surface area (Å²) in [6, 6.07) is 13.6. The molecule has 1 saturated heterocycles. The first-order chi connectivity index (χ1) is 12.2. The van der Waals surface area contributed by atoms with E-state index in [1.807, 2.05) is 71.0 Å². The topological polar surface area (TPSA) is 44.8 Å². The third-order valence-electron chi connectivity index (χ3n) is 5.35. The summed E-state index contributed by atoms with van der Waals surface area (Å²) in [7, 11) is -0.597. The van der Waals surface area contributed by atoms with Crippen molar-refractivity contribution in [2.45, 2.75) is 52.4 Å². The van der Waals surface area contributed by atoms with Crippen molar-refractivity contribution in [3.05, 3.63) is 59.2 Å². The molecule has 2 aromatic rings. The maximum Gasteiger partial charge on any atom is 0.495 e. The predicted molar refractivity (Wildman–Crippen MR) is 103 cm³/mol. The van der Waals surface area contributed by atoms with Gasteiger partial charge in [0.2, 0.25) is 0 Å². The van der Waals surface area contributed by atoms with Gasteiger partial charge in [-0.15, -0.1) is 0 Å². The summed E-state index contributed by atoms with van der Waals surface area (Å²) in [4.78, 5) is 11.6. The van der Waals surface area contributed by atoms with E-state index in [1.165, 1.54) is 0 Å². The van der Waals surface area contributed by atoms with Gasteiger partial charge in [0.15, 0.2) is 0 Å². The van der Waals surface area contributed by atoms with Crippen LogP contribution in [0.2, 0.25) is 0 Å². The van der Waals surface area contributed by atoms with Gasteiger partial charge < -0.3 is 14.0 Å². The number of aldehydes is 1. The van der Waals surface area contributed by atoms with E-state index >= 15 is 0 Å². The van der Waals surface area contributed by atoms with Crippen molar-refractivity contribution in [1.29, 1.82) is 0 Å². The molecule has 0 spiro atoms. The van der Waals surface area contributed by atoms with Gasteiger partial charge in [-0.3, -0.25) is 4.79 Å². The quantitative estimate of drug-likeness (QED) is 0.608. The zero-order valence-electron chi connectivity index (χ0n) is 16.0. The molecule has 0 aromatic heterocycles. The van der Waals surface area contributed by atoms with Gasteiger partial charge in [0.25, 0.3) is 0 Å². The van der Waals surface area contributed by atoms with E-state index in [9.17, 15) is 4.79 Å². The fourth-order valence-electron chi connectivity index (χ4n) is 3.00. The van der Waals surface area contributed by atoms with E-state index in [1.54, 1.807) is 6.07 Å². The lowest BCUT2D eigenvalue weighted by Gasteiger charge is -2.32. The highest BCUT2D eigenvalue weighted by atomic mass is 16.7. The molecular formula is C21H25BO4. The molecule has 0 atom stereocenters. The Hall–Kier alpha value is -2.11. The van der Waals surface area contributed by atoms with Crippen LogP contribution in [0.25, 0.3) is 0 Å². The summed E-state index contributed by atoms with van der Waals surface area (Å²) in [6.45, 7) is 10.4. The number of hydrogen-bond acceptors (Lipinski definition) is 4. The summed E-state index contributed by atoms with van der Waals surface area (Å²) in [6.07, 6.45) is 0.842. The molecule has 136 valence electrons. The predicted octanol–water partition coefficient (Wildman–Crippen LogP) is 3.69. The second-order valence-corrected chi connectivity index (χ2v) is 7.67. The van der Waals surface area contributed by atoms with Crippen LogP contribution in [0.1, 0.15) is 49.2 Å². The number of ether oxygens (including phenoxy) is 1. The Morgan fingerprint density at radius 3 is 2.19 bits per heavy atom. The van der Waals surface area contributed by atoms with Crippen LogP contribution >= 0.6 is 0 Å². The summed E-state index contributed by atoms with van der Waals surface area (Å²) < 4.78 is 18.3. The SMILES string of the molecule is Cc1c(OCc2ccccc2)ccc(C=O)c1B1OC(C)(C)C(C)(C)O1. The average Bonchev–Trinajstić information content (AvgIpc) is 2.81. The molecule has 4 nitrogen and oxygen atoms in total. The Labute approximate surface area is 155 Å². The Bertz CT molecular complexity index is 783. The second kappa shape index (κ2) is 6.90. The fourth-order valence-corrected chi connectivity index (χ4v) is 3.00. The first-order valence-corrected chi connectivity index (χ1v) is 8.86. The zero-order valence-corrected chi connectivity index (χ0v) is 16.0. The average molecular weight is 352 g/mol. The molecule has 0 bridgehead atoms. The minimum Gasteiger partial charge on any atom is -0.489 e. The van der Waals surface area contributed by atoms with Crippen LogP contribution in [0, 0.1) is 6.92 Å². The van der Waals surface area contributed by atoms with Crippen molar-refractivity contribution in [3.8, 4) is 5.75 Å². The molecule has 2 aromatic carbocycles. The number of rotatable bonds is 5. The Morgan fingerprint density at radius 1 is 1.00 bits per heavy atom. The number of carbonyl (C=O) groups excluding carboxylic acids is 1. The lowest BCUT2D eigenvalue weighted by molar-refractivity contribution is 0.00578. The molecule has 3 rings (SSSR count). The lowest BCUT2D eigenvalue weighted by Crippen LogP contribution is -2.41. The molecule has 1 aliphatic heterocycles. The molecule has 1 heterocycles. The minimum absolute atomic E-state index is 0.463. The van der Waals surface area contributed by atoms with Gasteiger partial charge in [-0.05, 0) is 63.3 Å². The van der Waals surface area contributed by atoms with Crippen LogP contribution in [-0.4, -0.2) is 24.6 Å². The van der Waals surface area contributed by atoms with Crippen molar-refractivity contribution < 1.29 is 18.8 Å². The monoisotopic (exact) mass is 352 g/mol. The Morgan fingerprint density at radius 2 is 1.62 bits per heavy atom. The van der Waals surface area contributed by atoms with Crippen LogP contribution < -0.4 is 10.2 Å². The third kappa shape index (κ3) is 3.42. The van der Waals surface area contributed by atoms with Crippen LogP contribution in [0.3, 0.4) is 0 Å². The smallest absolute Gasteiger partial charge is 0.489 e. The van der Waals surface area contributed by atoms with Crippen LogP contribution in [-0.2, 0) is 15.9 Å². The van der Waals surface area contributed by atoms with Gasteiger partial charge in [-0.1, -0.05) is 30.3 Å².